The molecule has 0 fully saturated rings. The zero-order valence-corrected chi connectivity index (χ0v) is 16.7. The lowest BCUT2D eigenvalue weighted by Gasteiger charge is -2.22. The Hall–Kier alpha value is -2.69. The molecule has 0 radical (unpaired) electrons. The van der Waals surface area contributed by atoms with E-state index < -0.39 is 15.6 Å². The standard InChI is InChI=1S/C20H23N3O3S/c1-20(2,3)22-27(25,26)18-8-6-5-7-17(18)15-9-11-16(12-10-15)23(4)19(24)13-14-21/h5-12,22H,13H2,1-4H3. The van der Waals surface area contributed by atoms with E-state index in [0.717, 1.165) is 5.56 Å². The van der Waals surface area contributed by atoms with Crippen molar-refractivity contribution in [1.29, 1.82) is 5.26 Å². The summed E-state index contributed by atoms with van der Waals surface area (Å²) in [5.41, 5.74) is 1.33. The van der Waals surface area contributed by atoms with E-state index in [4.69, 9.17) is 5.26 Å². The lowest BCUT2D eigenvalue weighted by atomic mass is 10.1. The molecule has 6 nitrogen and oxygen atoms in total. The van der Waals surface area contributed by atoms with Gasteiger partial charge in [-0.05, 0) is 44.5 Å². The number of nitriles is 1. The van der Waals surface area contributed by atoms with E-state index in [9.17, 15) is 13.2 Å². The minimum atomic E-state index is -3.69. The summed E-state index contributed by atoms with van der Waals surface area (Å²) >= 11 is 0. The van der Waals surface area contributed by atoms with Crippen molar-refractivity contribution < 1.29 is 13.2 Å². The number of hydrogen-bond donors (Lipinski definition) is 1. The lowest BCUT2D eigenvalue weighted by molar-refractivity contribution is -0.117. The number of sulfonamides is 1. The van der Waals surface area contributed by atoms with Gasteiger partial charge in [-0.25, -0.2) is 13.1 Å². The maximum Gasteiger partial charge on any atom is 0.241 e. The van der Waals surface area contributed by atoms with Crippen molar-refractivity contribution in [3.8, 4) is 17.2 Å². The second-order valence-electron chi connectivity index (χ2n) is 7.19. The molecule has 1 amide bonds. The molecule has 0 spiro atoms. The molecule has 0 heterocycles. The van der Waals surface area contributed by atoms with Crippen molar-refractivity contribution >= 4 is 21.6 Å². The molecule has 0 unspecified atom stereocenters. The summed E-state index contributed by atoms with van der Waals surface area (Å²) in [6, 6.07) is 15.6. The van der Waals surface area contributed by atoms with Gasteiger partial charge in [0.2, 0.25) is 15.9 Å². The van der Waals surface area contributed by atoms with E-state index >= 15 is 0 Å². The first-order chi connectivity index (χ1) is 12.5. The van der Waals surface area contributed by atoms with Crippen molar-refractivity contribution in [1.82, 2.24) is 4.72 Å². The van der Waals surface area contributed by atoms with Gasteiger partial charge in [0.25, 0.3) is 0 Å². The maximum atomic E-state index is 12.8. The molecule has 27 heavy (non-hydrogen) atoms. The molecule has 0 saturated carbocycles. The highest BCUT2D eigenvalue weighted by Gasteiger charge is 2.24. The SMILES string of the molecule is CN(C(=O)CC#N)c1ccc(-c2ccccc2S(=O)(=O)NC(C)(C)C)cc1. The van der Waals surface area contributed by atoms with Crippen LogP contribution in [0.25, 0.3) is 11.1 Å². The van der Waals surface area contributed by atoms with Crippen LogP contribution < -0.4 is 9.62 Å². The van der Waals surface area contributed by atoms with Gasteiger partial charge in [0.15, 0.2) is 0 Å². The largest absolute Gasteiger partial charge is 0.315 e. The molecule has 0 aliphatic carbocycles. The van der Waals surface area contributed by atoms with Gasteiger partial charge in [0.05, 0.1) is 11.0 Å². The number of anilines is 1. The first-order valence-corrected chi connectivity index (χ1v) is 9.90. The predicted molar refractivity (Wildman–Crippen MR) is 106 cm³/mol. The van der Waals surface area contributed by atoms with Crippen LogP contribution in [0.4, 0.5) is 5.69 Å². The van der Waals surface area contributed by atoms with Crippen LogP contribution in [0, 0.1) is 11.3 Å². The predicted octanol–water partition coefficient (Wildman–Crippen LogP) is 3.31. The quantitative estimate of drug-likeness (QED) is 0.855. The maximum absolute atomic E-state index is 12.8. The number of benzene rings is 2. The van der Waals surface area contributed by atoms with Crippen LogP contribution in [0.1, 0.15) is 27.2 Å². The van der Waals surface area contributed by atoms with Crippen molar-refractivity contribution in [2.24, 2.45) is 0 Å². The number of carbonyl (C=O) groups is 1. The van der Waals surface area contributed by atoms with Gasteiger partial charge in [-0.2, -0.15) is 5.26 Å². The number of hydrogen-bond acceptors (Lipinski definition) is 4. The van der Waals surface area contributed by atoms with Gasteiger partial charge in [-0.15, -0.1) is 0 Å². The first-order valence-electron chi connectivity index (χ1n) is 8.42. The highest BCUT2D eigenvalue weighted by molar-refractivity contribution is 7.89. The molecule has 2 rings (SSSR count). The Morgan fingerprint density at radius 2 is 1.70 bits per heavy atom. The number of amides is 1. The van der Waals surface area contributed by atoms with Crippen LogP contribution in [0.15, 0.2) is 53.4 Å². The Balaban J connectivity index is 2.41. The smallest absolute Gasteiger partial charge is 0.241 e. The summed E-state index contributed by atoms with van der Waals surface area (Å²) in [6.45, 7) is 5.36. The number of carbonyl (C=O) groups excluding carboxylic acids is 1. The fourth-order valence-corrected chi connectivity index (χ4v) is 4.24. The van der Waals surface area contributed by atoms with Gasteiger partial charge in [0, 0.05) is 23.8 Å². The summed E-state index contributed by atoms with van der Waals surface area (Å²) in [5, 5.41) is 8.65. The summed E-state index contributed by atoms with van der Waals surface area (Å²) in [7, 11) is -2.10. The second-order valence-corrected chi connectivity index (χ2v) is 8.84. The third kappa shape index (κ3) is 5.16. The normalized spacial score (nSPS) is 11.7. The van der Waals surface area contributed by atoms with Crippen LogP contribution in [-0.2, 0) is 14.8 Å². The zero-order chi connectivity index (χ0) is 20.2. The monoisotopic (exact) mass is 385 g/mol. The van der Waals surface area contributed by atoms with Crippen molar-refractivity contribution in [2.45, 2.75) is 37.6 Å². The first kappa shape index (κ1) is 20.6. The molecule has 0 atom stereocenters. The molecule has 2 aromatic rings. The van der Waals surface area contributed by atoms with E-state index in [1.165, 1.54) is 4.90 Å². The van der Waals surface area contributed by atoms with Crippen molar-refractivity contribution in [3.63, 3.8) is 0 Å². The van der Waals surface area contributed by atoms with Crippen LogP contribution in [0.5, 0.6) is 0 Å². The number of rotatable bonds is 5. The molecule has 0 aromatic heterocycles. The van der Waals surface area contributed by atoms with Gasteiger partial charge in [-0.3, -0.25) is 4.79 Å². The Kier molecular flexibility index (Phi) is 6.04. The molecular weight excluding hydrogens is 362 g/mol. The number of nitrogens with zero attached hydrogens (tertiary/aromatic N) is 2. The molecule has 2 aromatic carbocycles. The lowest BCUT2D eigenvalue weighted by Crippen LogP contribution is -2.40. The minimum Gasteiger partial charge on any atom is -0.315 e. The van der Waals surface area contributed by atoms with Gasteiger partial charge in [-0.1, -0.05) is 30.3 Å². The molecule has 7 heteroatoms. The molecule has 0 saturated heterocycles. The fraction of sp³-hybridized carbons (Fsp3) is 0.300. The molecular formula is C20H23N3O3S. The fourth-order valence-electron chi connectivity index (χ4n) is 2.59. The summed E-state index contributed by atoms with van der Waals surface area (Å²) in [5.74, 6) is -0.303. The average molecular weight is 385 g/mol. The van der Waals surface area contributed by atoms with Crippen molar-refractivity contribution in [2.75, 3.05) is 11.9 Å². The Morgan fingerprint density at radius 1 is 1.11 bits per heavy atom. The molecule has 0 aliphatic heterocycles. The van der Waals surface area contributed by atoms with Crippen molar-refractivity contribution in [3.05, 3.63) is 48.5 Å². The third-order valence-corrected chi connectivity index (χ3v) is 5.60. The van der Waals surface area contributed by atoms with Crippen LogP contribution >= 0.6 is 0 Å². The van der Waals surface area contributed by atoms with Gasteiger partial charge >= 0.3 is 0 Å². The average Bonchev–Trinajstić information content (AvgIpc) is 2.59. The Bertz CT molecular complexity index is 969. The Labute approximate surface area is 160 Å². The van der Waals surface area contributed by atoms with E-state index in [1.54, 1.807) is 76.3 Å². The van der Waals surface area contributed by atoms with E-state index in [0.29, 0.717) is 11.3 Å². The van der Waals surface area contributed by atoms with Gasteiger partial charge < -0.3 is 4.90 Å². The highest BCUT2D eigenvalue weighted by Crippen LogP contribution is 2.29. The van der Waals surface area contributed by atoms with Crippen LogP contribution in [-0.4, -0.2) is 26.9 Å². The molecule has 0 aliphatic rings. The van der Waals surface area contributed by atoms with Crippen LogP contribution in [0.3, 0.4) is 0 Å². The van der Waals surface area contributed by atoms with Gasteiger partial charge in [0.1, 0.15) is 6.42 Å². The summed E-state index contributed by atoms with van der Waals surface area (Å²) in [4.78, 5) is 13.4. The molecule has 0 bridgehead atoms. The summed E-state index contributed by atoms with van der Waals surface area (Å²) < 4.78 is 28.2. The number of nitrogens with one attached hydrogen (secondary N) is 1. The molecule has 142 valence electrons. The van der Waals surface area contributed by atoms with E-state index in [2.05, 4.69) is 4.72 Å². The van der Waals surface area contributed by atoms with E-state index in [1.807, 2.05) is 6.07 Å². The Morgan fingerprint density at radius 3 is 2.26 bits per heavy atom. The molecule has 1 N–H and O–H groups in total. The van der Waals surface area contributed by atoms with E-state index in [-0.39, 0.29) is 17.2 Å². The second kappa shape index (κ2) is 7.91. The minimum absolute atomic E-state index is 0.196. The summed E-state index contributed by atoms with van der Waals surface area (Å²) in [6.07, 6.45) is -0.197. The zero-order valence-electron chi connectivity index (χ0n) is 15.9. The third-order valence-electron chi connectivity index (χ3n) is 3.79. The highest BCUT2D eigenvalue weighted by atomic mass is 32.2. The topological polar surface area (TPSA) is 90.3 Å². The van der Waals surface area contributed by atoms with Crippen LogP contribution in [0.2, 0.25) is 0 Å².